The summed E-state index contributed by atoms with van der Waals surface area (Å²) in [5.74, 6) is 2.43. The molecule has 0 fully saturated rings. The molecule has 0 aliphatic rings. The predicted octanol–water partition coefficient (Wildman–Crippen LogP) is 20.3. The van der Waals surface area contributed by atoms with Gasteiger partial charge in [0, 0.05) is 0 Å². The van der Waals surface area contributed by atoms with Gasteiger partial charge in [0.15, 0.2) is 46.0 Å². The number of hydrogen-bond acceptors (Lipinski definition) is 13. The zero-order valence-corrected chi connectivity index (χ0v) is 57.8. The van der Waals surface area contributed by atoms with E-state index in [4.69, 9.17) is 56.8 Å². The number of hydrogen-bond donors (Lipinski definition) is 1. The summed E-state index contributed by atoms with van der Waals surface area (Å²) >= 11 is 0. The summed E-state index contributed by atoms with van der Waals surface area (Å²) in [6, 6.07) is 103. The maximum atomic E-state index is 13.6. The van der Waals surface area contributed by atoms with Crippen molar-refractivity contribution in [2.75, 3.05) is 0 Å². The van der Waals surface area contributed by atoms with Crippen molar-refractivity contribution in [3.05, 3.63) is 394 Å². The maximum Gasteiger partial charge on any atom is 0.335 e. The third-order valence-corrected chi connectivity index (χ3v) is 16.8. The van der Waals surface area contributed by atoms with E-state index in [0.717, 1.165) is 50.1 Å². The molecule has 0 unspecified atom stereocenters. The molecular formula is C91H78O14. The molecule has 0 aliphatic heterocycles. The van der Waals surface area contributed by atoms with E-state index in [1.54, 1.807) is 0 Å². The van der Waals surface area contributed by atoms with Crippen molar-refractivity contribution >= 4 is 5.97 Å². The molecule has 13 aromatic rings. The van der Waals surface area contributed by atoms with Crippen LogP contribution in [0.1, 0.15) is 77.1 Å². The number of benzene rings is 13. The van der Waals surface area contributed by atoms with Gasteiger partial charge in [0.25, 0.3) is 0 Å². The summed E-state index contributed by atoms with van der Waals surface area (Å²) in [5, 5.41) is 11.1. The summed E-state index contributed by atoms with van der Waals surface area (Å²) in [5.41, 5.74) is 10.0. The SMILES string of the molecule is O=C(O)c1cc(OCc2cc(OCc3ccccc3)c(OCc3ccccc3)c(OCc3ccccc3)c2)c(OCc2cc(OCc3ccccc3)c(OCc3ccccc3)c(OCc3ccccc3)c2)c(OCc2cc(OCc3ccccc3)c(OCc3ccccc3)c(OCc3ccccc3)c2)c1. The number of aromatic carboxylic acids is 1. The Kier molecular flexibility index (Phi) is 24.5. The lowest BCUT2D eigenvalue weighted by atomic mass is 10.1. The van der Waals surface area contributed by atoms with E-state index in [1.807, 2.05) is 309 Å². The van der Waals surface area contributed by atoms with Crippen LogP contribution in [0.2, 0.25) is 0 Å². The first kappa shape index (κ1) is 70.4. The molecule has 0 heterocycles. The van der Waals surface area contributed by atoms with Gasteiger partial charge in [-0.25, -0.2) is 4.79 Å². The Labute approximate surface area is 611 Å². The number of carbonyl (C=O) groups is 1. The summed E-state index contributed by atoms with van der Waals surface area (Å²) in [4.78, 5) is 13.6. The van der Waals surface area contributed by atoms with Gasteiger partial charge in [-0.3, -0.25) is 0 Å². The molecular weight excluding hydrogens is 1320 g/mol. The summed E-state index contributed by atoms with van der Waals surface area (Å²) in [6.45, 7) is 1.40. The normalized spacial score (nSPS) is 10.8. The van der Waals surface area contributed by atoms with Crippen molar-refractivity contribution in [1.82, 2.24) is 0 Å². The lowest BCUT2D eigenvalue weighted by molar-refractivity contribution is 0.0695. The first-order chi connectivity index (χ1) is 51.8. The summed E-state index contributed by atoms with van der Waals surface area (Å²) in [7, 11) is 0. The zero-order valence-electron chi connectivity index (χ0n) is 57.8. The number of carboxylic acids is 1. The van der Waals surface area contributed by atoms with Crippen LogP contribution in [0.3, 0.4) is 0 Å². The molecule has 0 amide bonds. The van der Waals surface area contributed by atoms with E-state index in [-0.39, 0.29) is 102 Å². The molecule has 0 saturated carbocycles. The highest BCUT2D eigenvalue weighted by atomic mass is 16.6. The minimum absolute atomic E-state index is 0.0418. The van der Waals surface area contributed by atoms with Gasteiger partial charge >= 0.3 is 5.97 Å². The fourth-order valence-corrected chi connectivity index (χ4v) is 11.3. The Bertz CT molecular complexity index is 4440. The Morgan fingerprint density at radius 2 is 0.314 bits per heavy atom. The van der Waals surface area contributed by atoms with Gasteiger partial charge in [0.2, 0.25) is 23.0 Å². The molecule has 0 bridgehead atoms. The van der Waals surface area contributed by atoms with Gasteiger partial charge in [-0.15, -0.1) is 0 Å². The highest BCUT2D eigenvalue weighted by molar-refractivity contribution is 5.89. The van der Waals surface area contributed by atoms with Crippen LogP contribution in [-0.4, -0.2) is 11.1 Å². The minimum Gasteiger partial charge on any atom is -0.485 e. The number of carboxylic acid groups (broad SMARTS) is 1. The van der Waals surface area contributed by atoms with E-state index in [0.29, 0.717) is 68.4 Å². The van der Waals surface area contributed by atoms with Crippen LogP contribution in [0.25, 0.3) is 0 Å². The molecule has 526 valence electrons. The van der Waals surface area contributed by atoms with E-state index in [9.17, 15) is 9.90 Å². The average Bonchev–Trinajstić information content (AvgIpc) is 0.812. The molecule has 0 spiro atoms. The predicted molar refractivity (Wildman–Crippen MR) is 403 cm³/mol. The van der Waals surface area contributed by atoms with Crippen LogP contribution in [-0.2, 0) is 79.3 Å². The maximum absolute atomic E-state index is 13.6. The summed E-state index contributed by atoms with van der Waals surface area (Å²) in [6.07, 6.45) is 0. The van der Waals surface area contributed by atoms with Gasteiger partial charge in [-0.1, -0.05) is 273 Å². The lowest BCUT2D eigenvalue weighted by Gasteiger charge is -2.22. The number of ether oxygens (including phenoxy) is 12. The molecule has 13 rings (SSSR count). The molecule has 1 N–H and O–H groups in total. The van der Waals surface area contributed by atoms with Crippen molar-refractivity contribution in [2.45, 2.75) is 79.3 Å². The second kappa shape index (κ2) is 36.5. The van der Waals surface area contributed by atoms with Crippen molar-refractivity contribution in [2.24, 2.45) is 0 Å². The molecule has 0 saturated heterocycles. The van der Waals surface area contributed by atoms with Crippen LogP contribution in [0.15, 0.2) is 322 Å². The first-order valence-corrected chi connectivity index (χ1v) is 34.6. The molecule has 0 aromatic heterocycles. The quantitative estimate of drug-likeness (QED) is 0.0394. The third-order valence-electron chi connectivity index (χ3n) is 16.8. The van der Waals surface area contributed by atoms with E-state index >= 15 is 0 Å². The summed E-state index contributed by atoms with van der Waals surface area (Å²) < 4.78 is 81.2. The molecule has 0 radical (unpaired) electrons. The standard InChI is InChI=1S/C91H78O14/c92-91(93)78-52-85(100-63-75-46-79(94-54-66-28-10-1-11-29-66)87(102-60-72-40-22-7-23-41-72)80(47-75)95-55-67-30-12-2-13-31-67)90(105-65-77-50-83(98-58-70-36-18-5-19-37-70)89(104-62-74-44-26-9-27-45-74)84(51-77)99-59-71-38-20-6-21-39-71)86(53-78)101-64-76-48-81(96-56-68-32-14-3-15-33-68)88(103-61-73-42-24-8-25-43-73)82(49-76)97-57-69-34-16-4-17-35-69/h1-53H,54-65H2,(H,92,93). The second-order valence-corrected chi connectivity index (χ2v) is 24.7. The van der Waals surface area contributed by atoms with E-state index in [1.165, 1.54) is 12.1 Å². The van der Waals surface area contributed by atoms with Crippen molar-refractivity contribution in [3.8, 4) is 69.0 Å². The smallest absolute Gasteiger partial charge is 0.335 e. The minimum atomic E-state index is -1.25. The fourth-order valence-electron chi connectivity index (χ4n) is 11.3. The van der Waals surface area contributed by atoms with Crippen LogP contribution in [0.5, 0.6) is 69.0 Å². The van der Waals surface area contributed by atoms with Gasteiger partial charge < -0.3 is 61.9 Å². The van der Waals surface area contributed by atoms with Crippen molar-refractivity contribution < 1.29 is 66.7 Å². The van der Waals surface area contributed by atoms with Gasteiger partial charge in [-0.05, 0) is 115 Å². The van der Waals surface area contributed by atoms with Crippen LogP contribution >= 0.6 is 0 Å². The Balaban J connectivity index is 0.907. The zero-order chi connectivity index (χ0) is 71.5. The highest BCUT2D eigenvalue weighted by Gasteiger charge is 2.25. The van der Waals surface area contributed by atoms with Crippen LogP contribution < -0.4 is 56.8 Å². The molecule has 13 aromatic carbocycles. The van der Waals surface area contributed by atoms with Crippen molar-refractivity contribution in [1.29, 1.82) is 0 Å². The molecule has 0 atom stereocenters. The van der Waals surface area contributed by atoms with Gasteiger partial charge in [-0.2, -0.15) is 0 Å². The van der Waals surface area contributed by atoms with Gasteiger partial charge in [0.1, 0.15) is 79.3 Å². The molecule has 105 heavy (non-hydrogen) atoms. The topological polar surface area (TPSA) is 148 Å². The van der Waals surface area contributed by atoms with E-state index in [2.05, 4.69) is 0 Å². The lowest BCUT2D eigenvalue weighted by Crippen LogP contribution is -2.09. The Hall–Kier alpha value is -13.1. The van der Waals surface area contributed by atoms with Crippen LogP contribution in [0.4, 0.5) is 0 Å². The second-order valence-electron chi connectivity index (χ2n) is 24.7. The highest BCUT2D eigenvalue weighted by Crippen LogP contribution is 2.47. The monoisotopic (exact) mass is 1390 g/mol. The van der Waals surface area contributed by atoms with Crippen molar-refractivity contribution in [3.63, 3.8) is 0 Å². The number of rotatable bonds is 37. The third kappa shape index (κ3) is 20.6. The molecule has 0 aliphatic carbocycles. The van der Waals surface area contributed by atoms with Gasteiger partial charge in [0.05, 0.1) is 5.56 Å². The van der Waals surface area contributed by atoms with Crippen LogP contribution in [0, 0.1) is 0 Å². The Morgan fingerprint density at radius 3 is 0.476 bits per heavy atom. The Morgan fingerprint density at radius 1 is 0.181 bits per heavy atom. The largest absolute Gasteiger partial charge is 0.485 e. The average molecular weight is 1400 g/mol. The first-order valence-electron chi connectivity index (χ1n) is 34.6. The molecule has 14 heteroatoms. The fraction of sp³-hybridized carbons (Fsp3) is 0.132. The van der Waals surface area contributed by atoms with E-state index < -0.39 is 5.97 Å². The molecule has 14 nitrogen and oxygen atoms in total.